The Morgan fingerprint density at radius 3 is 2.20 bits per heavy atom. The van der Waals surface area contributed by atoms with Crippen LogP contribution in [0, 0.1) is 0 Å². The standard InChI is InChI=1S/C16H13NO2S/c18-16(17-10-20-17)19-9-15-13-7-3-1-5-11(13)12-6-2-4-8-14(12)15/h1-8,15H,9-10H2. The summed E-state index contributed by atoms with van der Waals surface area (Å²) in [5.74, 6) is 0.896. The highest BCUT2D eigenvalue weighted by molar-refractivity contribution is 8.03. The lowest BCUT2D eigenvalue weighted by atomic mass is 9.98. The van der Waals surface area contributed by atoms with Gasteiger partial charge in [-0.15, -0.1) is 0 Å². The van der Waals surface area contributed by atoms with Gasteiger partial charge >= 0.3 is 6.09 Å². The molecule has 0 radical (unpaired) electrons. The molecule has 0 bridgehead atoms. The van der Waals surface area contributed by atoms with Gasteiger partial charge in [-0.1, -0.05) is 48.5 Å². The molecule has 0 spiro atoms. The van der Waals surface area contributed by atoms with Gasteiger partial charge in [-0.05, 0) is 34.2 Å². The zero-order valence-corrected chi connectivity index (χ0v) is 11.6. The Hall–Kier alpha value is -1.94. The molecule has 1 aliphatic carbocycles. The average molecular weight is 283 g/mol. The second-order valence-corrected chi connectivity index (χ2v) is 5.90. The Kier molecular flexibility index (Phi) is 2.70. The first-order valence-electron chi connectivity index (χ1n) is 6.60. The molecule has 1 amide bonds. The first kappa shape index (κ1) is 11.9. The van der Waals surface area contributed by atoms with Crippen molar-refractivity contribution in [3.63, 3.8) is 0 Å². The molecule has 2 aromatic carbocycles. The van der Waals surface area contributed by atoms with Crippen molar-refractivity contribution in [2.75, 3.05) is 12.5 Å². The molecule has 1 saturated heterocycles. The molecule has 0 aromatic heterocycles. The van der Waals surface area contributed by atoms with E-state index < -0.39 is 0 Å². The molecule has 4 rings (SSSR count). The number of hydrogen-bond acceptors (Lipinski definition) is 3. The maximum Gasteiger partial charge on any atom is 0.420 e. The van der Waals surface area contributed by atoms with Crippen LogP contribution in [0.15, 0.2) is 48.5 Å². The van der Waals surface area contributed by atoms with Crippen LogP contribution < -0.4 is 0 Å². The first-order valence-corrected chi connectivity index (χ1v) is 7.54. The minimum Gasteiger partial charge on any atom is -0.448 e. The fraction of sp³-hybridized carbons (Fsp3) is 0.188. The quantitative estimate of drug-likeness (QED) is 0.619. The van der Waals surface area contributed by atoms with Crippen molar-refractivity contribution in [3.05, 3.63) is 59.7 Å². The summed E-state index contributed by atoms with van der Waals surface area (Å²) in [6.07, 6.45) is -0.225. The van der Waals surface area contributed by atoms with Crippen LogP contribution in [0.5, 0.6) is 0 Å². The van der Waals surface area contributed by atoms with E-state index in [1.165, 1.54) is 34.2 Å². The summed E-state index contributed by atoms with van der Waals surface area (Å²) >= 11 is 1.49. The van der Waals surface area contributed by atoms with E-state index in [1.54, 1.807) is 4.31 Å². The summed E-state index contributed by atoms with van der Waals surface area (Å²) in [5, 5.41) is 0. The highest BCUT2D eigenvalue weighted by Gasteiger charge is 2.32. The number of benzene rings is 2. The van der Waals surface area contributed by atoms with Gasteiger partial charge in [0.25, 0.3) is 0 Å². The molecule has 0 N–H and O–H groups in total. The second kappa shape index (κ2) is 4.56. The topological polar surface area (TPSA) is 29.3 Å². The van der Waals surface area contributed by atoms with Crippen LogP contribution in [-0.4, -0.2) is 22.9 Å². The highest BCUT2D eigenvalue weighted by atomic mass is 32.2. The number of nitrogens with zero attached hydrogens (tertiary/aromatic N) is 1. The fourth-order valence-electron chi connectivity index (χ4n) is 2.80. The summed E-state index contributed by atoms with van der Waals surface area (Å²) < 4.78 is 7.05. The molecule has 2 aliphatic rings. The summed E-state index contributed by atoms with van der Waals surface area (Å²) in [7, 11) is 0. The van der Waals surface area contributed by atoms with E-state index in [0.717, 1.165) is 5.88 Å². The lowest BCUT2D eigenvalue weighted by Crippen LogP contribution is -2.16. The maximum absolute atomic E-state index is 11.7. The van der Waals surface area contributed by atoms with Gasteiger partial charge < -0.3 is 4.74 Å². The summed E-state index contributed by atoms with van der Waals surface area (Å²) in [4.78, 5) is 11.7. The predicted molar refractivity (Wildman–Crippen MR) is 79.4 cm³/mol. The van der Waals surface area contributed by atoms with Gasteiger partial charge in [0, 0.05) is 5.92 Å². The number of carbonyl (C=O) groups excluding carboxylic acids is 1. The van der Waals surface area contributed by atoms with Crippen molar-refractivity contribution in [2.24, 2.45) is 0 Å². The average Bonchev–Trinajstić information content (AvgIpc) is 3.29. The van der Waals surface area contributed by atoms with Gasteiger partial charge in [0.2, 0.25) is 0 Å². The van der Waals surface area contributed by atoms with E-state index >= 15 is 0 Å². The molecule has 2 aromatic rings. The molecule has 20 heavy (non-hydrogen) atoms. The van der Waals surface area contributed by atoms with E-state index in [9.17, 15) is 4.79 Å². The van der Waals surface area contributed by atoms with E-state index in [0.29, 0.717) is 6.61 Å². The van der Waals surface area contributed by atoms with Gasteiger partial charge in [0.05, 0.1) is 0 Å². The van der Waals surface area contributed by atoms with Crippen molar-refractivity contribution in [3.8, 4) is 11.1 Å². The van der Waals surface area contributed by atoms with Crippen molar-refractivity contribution in [1.82, 2.24) is 4.31 Å². The Morgan fingerprint density at radius 2 is 1.65 bits per heavy atom. The van der Waals surface area contributed by atoms with Crippen molar-refractivity contribution in [2.45, 2.75) is 5.92 Å². The van der Waals surface area contributed by atoms with Crippen molar-refractivity contribution >= 4 is 18.0 Å². The SMILES string of the molecule is O=C(OCC1c2ccccc2-c2ccccc21)N1CS1. The van der Waals surface area contributed by atoms with Crippen LogP contribution in [0.2, 0.25) is 0 Å². The Balaban J connectivity index is 1.66. The minimum absolute atomic E-state index is 0.149. The van der Waals surface area contributed by atoms with Gasteiger partial charge in [0.1, 0.15) is 12.5 Å². The fourth-order valence-corrected chi connectivity index (χ4v) is 3.12. The summed E-state index contributed by atoms with van der Waals surface area (Å²) in [6, 6.07) is 16.7. The van der Waals surface area contributed by atoms with Crippen LogP contribution in [0.4, 0.5) is 4.79 Å². The second-order valence-electron chi connectivity index (χ2n) is 4.94. The van der Waals surface area contributed by atoms with Crippen LogP contribution in [0.1, 0.15) is 17.0 Å². The molecular formula is C16H13NO2S. The third-order valence-corrected chi connectivity index (χ3v) is 4.46. The van der Waals surface area contributed by atoms with Gasteiger partial charge in [-0.25, -0.2) is 9.10 Å². The number of ether oxygens (including phenoxy) is 1. The zero-order valence-electron chi connectivity index (χ0n) is 10.8. The minimum atomic E-state index is -0.225. The number of amides is 1. The smallest absolute Gasteiger partial charge is 0.420 e. The molecule has 1 heterocycles. The summed E-state index contributed by atoms with van der Waals surface area (Å²) in [5.41, 5.74) is 5.01. The Labute approximate surface area is 121 Å². The first-order chi connectivity index (χ1) is 9.84. The molecule has 1 fully saturated rings. The molecule has 100 valence electrons. The van der Waals surface area contributed by atoms with Gasteiger partial charge in [-0.3, -0.25) is 0 Å². The van der Waals surface area contributed by atoms with E-state index in [-0.39, 0.29) is 12.0 Å². The van der Waals surface area contributed by atoms with Gasteiger partial charge in [0.15, 0.2) is 0 Å². The molecule has 3 nitrogen and oxygen atoms in total. The van der Waals surface area contributed by atoms with Crippen molar-refractivity contribution in [1.29, 1.82) is 0 Å². The molecule has 0 unspecified atom stereocenters. The zero-order chi connectivity index (χ0) is 13.5. The summed E-state index contributed by atoms with van der Waals surface area (Å²) in [6.45, 7) is 0.407. The lowest BCUT2D eigenvalue weighted by Gasteiger charge is -2.13. The third-order valence-electron chi connectivity index (χ3n) is 3.80. The van der Waals surface area contributed by atoms with E-state index in [4.69, 9.17) is 4.74 Å². The maximum atomic E-state index is 11.7. The number of carbonyl (C=O) groups is 1. The molecular weight excluding hydrogens is 270 g/mol. The van der Waals surface area contributed by atoms with Crippen molar-refractivity contribution < 1.29 is 9.53 Å². The Bertz CT molecular complexity index is 636. The van der Waals surface area contributed by atoms with E-state index in [1.807, 2.05) is 12.1 Å². The largest absolute Gasteiger partial charge is 0.448 e. The normalized spacial score (nSPS) is 15.7. The molecule has 0 saturated carbocycles. The Morgan fingerprint density at radius 1 is 1.10 bits per heavy atom. The van der Waals surface area contributed by atoms with Gasteiger partial charge in [-0.2, -0.15) is 0 Å². The monoisotopic (exact) mass is 283 g/mol. The van der Waals surface area contributed by atoms with Crippen LogP contribution >= 0.6 is 11.9 Å². The van der Waals surface area contributed by atoms with Crippen LogP contribution in [0.25, 0.3) is 11.1 Å². The molecule has 0 atom stereocenters. The lowest BCUT2D eigenvalue weighted by molar-refractivity contribution is 0.133. The number of rotatable bonds is 2. The molecule has 1 aliphatic heterocycles. The highest BCUT2D eigenvalue weighted by Crippen LogP contribution is 2.44. The predicted octanol–water partition coefficient (Wildman–Crippen LogP) is 3.86. The van der Waals surface area contributed by atoms with E-state index in [2.05, 4.69) is 36.4 Å². The third kappa shape index (κ3) is 1.88. The number of fused-ring (bicyclic) bond motifs is 3. The molecule has 4 heteroatoms. The number of hydrogen-bond donors (Lipinski definition) is 0. The van der Waals surface area contributed by atoms with Crippen LogP contribution in [-0.2, 0) is 4.74 Å². The van der Waals surface area contributed by atoms with Crippen LogP contribution in [0.3, 0.4) is 0 Å².